The fourth-order valence-electron chi connectivity index (χ4n) is 3.95. The van der Waals surface area contributed by atoms with Crippen LogP contribution in [0.1, 0.15) is 46.7 Å². The summed E-state index contributed by atoms with van der Waals surface area (Å²) >= 11 is 0. The Kier molecular flexibility index (Phi) is 5.88. The number of nitrogens with zero attached hydrogens (tertiary/aromatic N) is 5. The van der Waals surface area contributed by atoms with E-state index in [1.807, 2.05) is 58.2 Å². The van der Waals surface area contributed by atoms with Crippen LogP contribution in [0.5, 0.6) is 0 Å². The molecule has 0 aliphatic carbocycles. The standard InChI is InChI=1S/C23H29N7O/c1-15-14-20(30-12-6-5-7-13-30)27-23(24-15)26-19-10-8-18(9-11-19)25-22(31)21-16(2)28-29(4)17(21)3/h8-11,14H,5-7,12-13H2,1-4H3,(H,25,31)(H,24,26,27). The molecular weight excluding hydrogens is 390 g/mol. The van der Waals surface area contributed by atoms with Gasteiger partial charge in [0, 0.05) is 49.0 Å². The smallest absolute Gasteiger partial charge is 0.259 e. The number of piperidine rings is 1. The highest BCUT2D eigenvalue weighted by Gasteiger charge is 2.17. The van der Waals surface area contributed by atoms with Crippen LogP contribution in [0.15, 0.2) is 30.3 Å². The summed E-state index contributed by atoms with van der Waals surface area (Å²) in [4.78, 5) is 24.2. The van der Waals surface area contributed by atoms with Gasteiger partial charge in [0.25, 0.3) is 5.91 Å². The van der Waals surface area contributed by atoms with Crippen molar-refractivity contribution < 1.29 is 4.79 Å². The van der Waals surface area contributed by atoms with Crippen molar-refractivity contribution in [2.75, 3.05) is 28.6 Å². The van der Waals surface area contributed by atoms with E-state index in [2.05, 4.69) is 25.6 Å². The molecule has 3 aromatic rings. The summed E-state index contributed by atoms with van der Waals surface area (Å²) in [6, 6.07) is 9.58. The summed E-state index contributed by atoms with van der Waals surface area (Å²) in [5, 5.41) is 10.5. The monoisotopic (exact) mass is 419 g/mol. The number of amides is 1. The number of rotatable bonds is 5. The summed E-state index contributed by atoms with van der Waals surface area (Å²) in [6.45, 7) is 7.80. The maximum absolute atomic E-state index is 12.7. The van der Waals surface area contributed by atoms with E-state index in [0.717, 1.165) is 47.4 Å². The Morgan fingerprint density at radius 1 is 0.968 bits per heavy atom. The number of hydrogen-bond donors (Lipinski definition) is 2. The van der Waals surface area contributed by atoms with Crippen LogP contribution < -0.4 is 15.5 Å². The molecule has 0 atom stereocenters. The Morgan fingerprint density at radius 2 is 1.65 bits per heavy atom. The van der Waals surface area contributed by atoms with Gasteiger partial charge in [-0.15, -0.1) is 0 Å². The predicted molar refractivity (Wildman–Crippen MR) is 123 cm³/mol. The minimum Gasteiger partial charge on any atom is -0.356 e. The van der Waals surface area contributed by atoms with E-state index < -0.39 is 0 Å². The first-order valence-electron chi connectivity index (χ1n) is 10.7. The second kappa shape index (κ2) is 8.75. The van der Waals surface area contributed by atoms with Crippen LogP contribution in [0.3, 0.4) is 0 Å². The fraction of sp³-hybridized carbons (Fsp3) is 0.391. The Hall–Kier alpha value is -3.42. The van der Waals surface area contributed by atoms with Crippen LogP contribution in [0.25, 0.3) is 0 Å². The molecule has 162 valence electrons. The number of carbonyl (C=O) groups is 1. The molecule has 1 fully saturated rings. The van der Waals surface area contributed by atoms with Crippen LogP contribution in [0.4, 0.5) is 23.1 Å². The van der Waals surface area contributed by atoms with Crippen molar-refractivity contribution in [3.05, 3.63) is 53.0 Å². The second-order valence-corrected chi connectivity index (χ2v) is 8.06. The summed E-state index contributed by atoms with van der Waals surface area (Å²) in [5.74, 6) is 1.40. The topological polar surface area (TPSA) is 88.0 Å². The number of carbonyl (C=O) groups excluding carboxylic acids is 1. The average molecular weight is 420 g/mol. The lowest BCUT2D eigenvalue weighted by atomic mass is 10.1. The minimum atomic E-state index is -0.156. The Morgan fingerprint density at radius 3 is 2.29 bits per heavy atom. The largest absolute Gasteiger partial charge is 0.356 e. The van der Waals surface area contributed by atoms with Crippen molar-refractivity contribution in [2.45, 2.75) is 40.0 Å². The molecule has 2 aromatic heterocycles. The average Bonchev–Trinajstić information content (AvgIpc) is 3.01. The van der Waals surface area contributed by atoms with Crippen molar-refractivity contribution in [3.63, 3.8) is 0 Å². The van der Waals surface area contributed by atoms with Crippen molar-refractivity contribution in [3.8, 4) is 0 Å². The lowest BCUT2D eigenvalue weighted by molar-refractivity contribution is 0.102. The lowest BCUT2D eigenvalue weighted by Crippen LogP contribution is -2.30. The van der Waals surface area contributed by atoms with Gasteiger partial charge in [-0.25, -0.2) is 4.98 Å². The van der Waals surface area contributed by atoms with E-state index in [1.165, 1.54) is 19.3 Å². The first kappa shape index (κ1) is 20.8. The molecule has 0 spiro atoms. The molecular formula is C23H29N7O. The van der Waals surface area contributed by atoms with E-state index in [-0.39, 0.29) is 5.91 Å². The molecule has 31 heavy (non-hydrogen) atoms. The molecule has 1 amide bonds. The van der Waals surface area contributed by atoms with Crippen LogP contribution in [-0.4, -0.2) is 38.7 Å². The quantitative estimate of drug-likeness (QED) is 0.647. The van der Waals surface area contributed by atoms with Gasteiger partial charge in [-0.2, -0.15) is 10.1 Å². The van der Waals surface area contributed by atoms with Crippen molar-refractivity contribution >= 4 is 29.0 Å². The Labute approximate surface area is 182 Å². The van der Waals surface area contributed by atoms with Gasteiger partial charge in [0.1, 0.15) is 5.82 Å². The van der Waals surface area contributed by atoms with Gasteiger partial charge in [0.15, 0.2) is 0 Å². The van der Waals surface area contributed by atoms with Crippen molar-refractivity contribution in [1.29, 1.82) is 0 Å². The van der Waals surface area contributed by atoms with E-state index in [1.54, 1.807) is 4.68 Å². The van der Waals surface area contributed by atoms with E-state index in [4.69, 9.17) is 4.98 Å². The predicted octanol–water partition coefficient (Wildman–Crippen LogP) is 4.12. The zero-order valence-electron chi connectivity index (χ0n) is 18.6. The molecule has 1 aliphatic rings. The molecule has 2 N–H and O–H groups in total. The van der Waals surface area contributed by atoms with Crippen molar-refractivity contribution in [2.24, 2.45) is 7.05 Å². The number of aromatic nitrogens is 4. The SMILES string of the molecule is Cc1cc(N2CCCCC2)nc(Nc2ccc(NC(=O)c3c(C)nn(C)c3C)cc2)n1. The molecule has 0 bridgehead atoms. The number of anilines is 4. The highest BCUT2D eigenvalue weighted by molar-refractivity contribution is 6.05. The molecule has 8 heteroatoms. The maximum atomic E-state index is 12.7. The molecule has 0 saturated carbocycles. The molecule has 1 aliphatic heterocycles. The van der Waals surface area contributed by atoms with E-state index in [9.17, 15) is 4.79 Å². The second-order valence-electron chi connectivity index (χ2n) is 8.06. The highest BCUT2D eigenvalue weighted by atomic mass is 16.1. The lowest BCUT2D eigenvalue weighted by Gasteiger charge is -2.28. The first-order chi connectivity index (χ1) is 14.9. The Balaban J connectivity index is 1.45. The van der Waals surface area contributed by atoms with E-state index >= 15 is 0 Å². The first-order valence-corrected chi connectivity index (χ1v) is 10.7. The molecule has 1 aromatic carbocycles. The fourth-order valence-corrected chi connectivity index (χ4v) is 3.95. The van der Waals surface area contributed by atoms with E-state index in [0.29, 0.717) is 11.5 Å². The third-order valence-electron chi connectivity index (χ3n) is 5.66. The summed E-state index contributed by atoms with van der Waals surface area (Å²) in [6.07, 6.45) is 3.70. The van der Waals surface area contributed by atoms with Gasteiger partial charge < -0.3 is 15.5 Å². The minimum absolute atomic E-state index is 0.156. The summed E-state index contributed by atoms with van der Waals surface area (Å²) < 4.78 is 1.72. The molecule has 8 nitrogen and oxygen atoms in total. The summed E-state index contributed by atoms with van der Waals surface area (Å²) in [5.41, 5.74) is 4.69. The zero-order chi connectivity index (χ0) is 22.0. The summed E-state index contributed by atoms with van der Waals surface area (Å²) in [7, 11) is 1.84. The number of nitrogens with one attached hydrogen (secondary N) is 2. The van der Waals surface area contributed by atoms with Gasteiger partial charge >= 0.3 is 0 Å². The molecule has 0 unspecified atom stereocenters. The van der Waals surface area contributed by atoms with Gasteiger partial charge in [0.2, 0.25) is 5.95 Å². The normalized spacial score (nSPS) is 13.9. The molecule has 3 heterocycles. The maximum Gasteiger partial charge on any atom is 0.259 e. The number of hydrogen-bond acceptors (Lipinski definition) is 6. The van der Waals surface area contributed by atoms with Crippen LogP contribution >= 0.6 is 0 Å². The van der Waals surface area contributed by atoms with Crippen LogP contribution in [0, 0.1) is 20.8 Å². The molecule has 1 saturated heterocycles. The van der Waals surface area contributed by atoms with Gasteiger partial charge in [-0.05, 0) is 64.3 Å². The van der Waals surface area contributed by atoms with Crippen molar-refractivity contribution in [1.82, 2.24) is 19.7 Å². The molecule has 0 radical (unpaired) electrons. The third-order valence-corrected chi connectivity index (χ3v) is 5.66. The number of aryl methyl sites for hydroxylation is 3. The zero-order valence-corrected chi connectivity index (χ0v) is 18.6. The molecule has 4 rings (SSSR count). The van der Waals surface area contributed by atoms with Gasteiger partial charge in [-0.1, -0.05) is 0 Å². The third kappa shape index (κ3) is 4.68. The Bertz CT molecular complexity index is 1080. The number of benzene rings is 1. The van der Waals surface area contributed by atoms with Crippen LogP contribution in [0.2, 0.25) is 0 Å². The van der Waals surface area contributed by atoms with Gasteiger partial charge in [0.05, 0.1) is 11.3 Å². The highest BCUT2D eigenvalue weighted by Crippen LogP contribution is 2.23. The van der Waals surface area contributed by atoms with Gasteiger partial charge in [-0.3, -0.25) is 9.48 Å². The van der Waals surface area contributed by atoms with Crippen LogP contribution in [-0.2, 0) is 7.05 Å².